The second-order valence-electron chi connectivity index (χ2n) is 7.09. The highest BCUT2D eigenvalue weighted by Gasteiger charge is 2.41. The van der Waals surface area contributed by atoms with Crippen molar-refractivity contribution in [2.45, 2.75) is 25.4 Å². The Hall–Kier alpha value is -3.26. The minimum Gasteiger partial charge on any atom is -0.469 e. The Bertz CT molecular complexity index is 1040. The topological polar surface area (TPSA) is 72.3 Å². The van der Waals surface area contributed by atoms with Gasteiger partial charge in [-0.1, -0.05) is 6.07 Å². The number of carbonyl (C=O) groups is 1. The molecular formula is C22H23N5O2S. The van der Waals surface area contributed by atoms with Crippen molar-refractivity contribution in [1.82, 2.24) is 24.8 Å². The number of pyridine rings is 2. The van der Waals surface area contributed by atoms with Gasteiger partial charge in [0.05, 0.1) is 43.2 Å². The van der Waals surface area contributed by atoms with Gasteiger partial charge in [0.1, 0.15) is 0 Å². The molecule has 1 saturated heterocycles. The van der Waals surface area contributed by atoms with Crippen molar-refractivity contribution >= 4 is 23.3 Å². The number of aryl methyl sites for hydroxylation is 1. The summed E-state index contributed by atoms with van der Waals surface area (Å²) in [6, 6.07) is 13.7. The molecular weight excluding hydrogens is 398 g/mol. The summed E-state index contributed by atoms with van der Waals surface area (Å²) in [4.78, 5) is 22.7. The molecule has 8 heteroatoms. The van der Waals surface area contributed by atoms with Crippen LogP contribution in [0, 0.1) is 6.92 Å². The number of hydrogen-bond acceptors (Lipinski definition) is 5. The Labute approximate surface area is 180 Å². The predicted molar refractivity (Wildman–Crippen MR) is 117 cm³/mol. The lowest BCUT2D eigenvalue weighted by atomic mass is 10.0. The molecule has 154 valence electrons. The largest absolute Gasteiger partial charge is 0.469 e. The first-order valence-electron chi connectivity index (χ1n) is 9.73. The van der Waals surface area contributed by atoms with Gasteiger partial charge in [-0.25, -0.2) is 0 Å². The molecule has 3 aromatic rings. The average molecular weight is 422 g/mol. The number of thiocarbonyl (C=S) groups is 1. The molecule has 3 aromatic heterocycles. The first-order chi connectivity index (χ1) is 14.6. The van der Waals surface area contributed by atoms with Gasteiger partial charge in [-0.05, 0) is 55.5 Å². The minimum absolute atomic E-state index is 0.147. The summed E-state index contributed by atoms with van der Waals surface area (Å²) in [7, 11) is 1.40. The molecule has 0 aromatic carbocycles. The maximum absolute atomic E-state index is 11.8. The number of esters is 1. The van der Waals surface area contributed by atoms with Gasteiger partial charge in [-0.2, -0.15) is 0 Å². The van der Waals surface area contributed by atoms with Crippen LogP contribution in [-0.2, 0) is 9.53 Å². The minimum atomic E-state index is -0.267. The van der Waals surface area contributed by atoms with Gasteiger partial charge >= 0.3 is 5.97 Å². The van der Waals surface area contributed by atoms with Gasteiger partial charge in [0.25, 0.3) is 0 Å². The second kappa shape index (κ2) is 8.62. The van der Waals surface area contributed by atoms with Crippen molar-refractivity contribution < 1.29 is 9.53 Å². The normalized spacial score (nSPS) is 18.3. The van der Waals surface area contributed by atoms with Crippen LogP contribution in [0.4, 0.5) is 0 Å². The van der Waals surface area contributed by atoms with Crippen LogP contribution in [0.3, 0.4) is 0 Å². The molecule has 1 aliphatic rings. The van der Waals surface area contributed by atoms with Crippen LogP contribution in [0.5, 0.6) is 0 Å². The number of hydrogen-bond donors (Lipinski definition) is 1. The third-order valence-electron chi connectivity index (χ3n) is 5.30. The van der Waals surface area contributed by atoms with E-state index in [4.69, 9.17) is 17.0 Å². The molecule has 30 heavy (non-hydrogen) atoms. The van der Waals surface area contributed by atoms with Gasteiger partial charge < -0.3 is 19.5 Å². The summed E-state index contributed by atoms with van der Waals surface area (Å²) in [5, 5.41) is 4.01. The van der Waals surface area contributed by atoms with Gasteiger partial charge in [0.15, 0.2) is 5.11 Å². The number of carbonyl (C=O) groups excluding carboxylic acids is 1. The van der Waals surface area contributed by atoms with Gasteiger partial charge in [-0.15, -0.1) is 0 Å². The molecule has 1 fully saturated rings. The molecule has 0 bridgehead atoms. The van der Waals surface area contributed by atoms with Crippen LogP contribution in [0.25, 0.3) is 5.69 Å². The highest BCUT2D eigenvalue weighted by Crippen LogP contribution is 2.40. The van der Waals surface area contributed by atoms with Crippen LogP contribution >= 0.6 is 12.2 Å². The number of ether oxygens (including phenoxy) is 1. The lowest BCUT2D eigenvalue weighted by Gasteiger charge is -2.29. The lowest BCUT2D eigenvalue weighted by molar-refractivity contribution is -0.140. The number of methoxy groups -OCH3 is 1. The zero-order valence-corrected chi connectivity index (χ0v) is 17.7. The van der Waals surface area contributed by atoms with E-state index in [0.717, 1.165) is 22.8 Å². The number of rotatable bonds is 6. The summed E-state index contributed by atoms with van der Waals surface area (Å²) < 4.78 is 7.01. The summed E-state index contributed by atoms with van der Waals surface area (Å²) in [6.07, 6.45) is 5.62. The third-order valence-corrected chi connectivity index (χ3v) is 5.65. The Morgan fingerprint density at radius 2 is 2.07 bits per heavy atom. The van der Waals surface area contributed by atoms with E-state index in [0.29, 0.717) is 11.7 Å². The number of aromatic nitrogens is 3. The predicted octanol–water partition coefficient (Wildman–Crippen LogP) is 3.11. The fraction of sp³-hybridized carbons (Fsp3) is 0.273. The van der Waals surface area contributed by atoms with Crippen LogP contribution in [0.2, 0.25) is 0 Å². The third kappa shape index (κ3) is 3.78. The summed E-state index contributed by atoms with van der Waals surface area (Å²) >= 11 is 5.66. The monoisotopic (exact) mass is 421 g/mol. The standard InChI is InChI=1S/C22H23N5O2S/c1-15-8-9-18(27(15)16-6-5-11-23-14-16)21-20(17-7-3-4-12-24-17)25-22(30)26(21)13-10-19(28)29-2/h3-9,11-12,14,20-21H,10,13H2,1-2H3,(H,25,30). The van der Waals surface area contributed by atoms with Gasteiger partial charge in [-0.3, -0.25) is 14.8 Å². The van der Waals surface area contributed by atoms with Crippen molar-refractivity contribution in [3.05, 3.63) is 78.1 Å². The van der Waals surface area contributed by atoms with E-state index in [2.05, 4.69) is 38.9 Å². The molecule has 1 N–H and O–H groups in total. The van der Waals surface area contributed by atoms with E-state index in [1.807, 2.05) is 41.4 Å². The van der Waals surface area contributed by atoms with Crippen molar-refractivity contribution in [2.75, 3.05) is 13.7 Å². The fourth-order valence-electron chi connectivity index (χ4n) is 3.91. The van der Waals surface area contributed by atoms with E-state index in [-0.39, 0.29) is 24.5 Å². The molecule has 7 nitrogen and oxygen atoms in total. The highest BCUT2D eigenvalue weighted by molar-refractivity contribution is 7.80. The second-order valence-corrected chi connectivity index (χ2v) is 7.48. The fourth-order valence-corrected chi connectivity index (χ4v) is 4.24. The summed E-state index contributed by atoms with van der Waals surface area (Å²) in [6.45, 7) is 2.51. The average Bonchev–Trinajstić information content (AvgIpc) is 3.32. The smallest absolute Gasteiger partial charge is 0.307 e. The molecule has 2 unspecified atom stereocenters. The molecule has 0 amide bonds. The zero-order valence-electron chi connectivity index (χ0n) is 16.9. The first-order valence-corrected chi connectivity index (χ1v) is 10.1. The van der Waals surface area contributed by atoms with Gasteiger partial charge in [0, 0.05) is 30.3 Å². The molecule has 0 aliphatic carbocycles. The van der Waals surface area contributed by atoms with E-state index in [9.17, 15) is 4.79 Å². The van der Waals surface area contributed by atoms with Crippen LogP contribution in [0.15, 0.2) is 61.1 Å². The zero-order chi connectivity index (χ0) is 21.1. The summed E-state index contributed by atoms with van der Waals surface area (Å²) in [5.74, 6) is -0.267. The molecule has 0 radical (unpaired) electrons. The van der Waals surface area contributed by atoms with E-state index >= 15 is 0 Å². The molecule has 4 heterocycles. The molecule has 4 rings (SSSR count). The van der Waals surface area contributed by atoms with Crippen molar-refractivity contribution in [1.29, 1.82) is 0 Å². The first kappa shape index (κ1) is 20.0. The molecule has 2 atom stereocenters. The quantitative estimate of drug-likeness (QED) is 0.484. The molecule has 0 saturated carbocycles. The Morgan fingerprint density at radius 3 is 2.77 bits per heavy atom. The van der Waals surface area contributed by atoms with Gasteiger partial charge in [0.2, 0.25) is 0 Å². The van der Waals surface area contributed by atoms with Crippen LogP contribution < -0.4 is 5.32 Å². The Kier molecular flexibility index (Phi) is 5.76. The van der Waals surface area contributed by atoms with Crippen LogP contribution in [0.1, 0.15) is 35.6 Å². The van der Waals surface area contributed by atoms with E-state index in [1.165, 1.54) is 7.11 Å². The van der Waals surface area contributed by atoms with E-state index < -0.39 is 0 Å². The maximum atomic E-state index is 11.8. The van der Waals surface area contributed by atoms with Crippen molar-refractivity contribution in [2.24, 2.45) is 0 Å². The molecule has 1 aliphatic heterocycles. The highest BCUT2D eigenvalue weighted by atomic mass is 32.1. The van der Waals surface area contributed by atoms with Crippen LogP contribution in [-0.4, -0.2) is 44.2 Å². The number of nitrogens with zero attached hydrogens (tertiary/aromatic N) is 4. The maximum Gasteiger partial charge on any atom is 0.307 e. The SMILES string of the molecule is COC(=O)CCN1C(=S)NC(c2ccccn2)C1c1ccc(C)n1-c1cccnc1. The lowest BCUT2D eigenvalue weighted by Crippen LogP contribution is -2.32. The number of nitrogens with one attached hydrogen (secondary N) is 1. The Morgan fingerprint density at radius 1 is 1.20 bits per heavy atom. The Balaban J connectivity index is 1.79. The molecule has 0 spiro atoms. The van der Waals surface area contributed by atoms with Crippen molar-refractivity contribution in [3.8, 4) is 5.69 Å². The van der Waals surface area contributed by atoms with E-state index in [1.54, 1.807) is 12.4 Å². The summed E-state index contributed by atoms with van der Waals surface area (Å²) in [5.41, 5.74) is 4.00. The van der Waals surface area contributed by atoms with Crippen molar-refractivity contribution in [3.63, 3.8) is 0 Å².